The van der Waals surface area contributed by atoms with Crippen molar-refractivity contribution < 1.29 is 9.13 Å². The van der Waals surface area contributed by atoms with Gasteiger partial charge in [0.05, 0.1) is 11.6 Å². The van der Waals surface area contributed by atoms with Crippen molar-refractivity contribution in [2.75, 3.05) is 6.61 Å². The molecule has 82 valence electrons. The number of ether oxygens (including phenoxy) is 1. The molecule has 2 nitrogen and oxygen atoms in total. The van der Waals surface area contributed by atoms with Crippen molar-refractivity contribution in [2.24, 2.45) is 5.73 Å². The summed E-state index contributed by atoms with van der Waals surface area (Å²) in [6.45, 7) is 2.38. The Morgan fingerprint density at radius 2 is 2.27 bits per heavy atom. The Morgan fingerprint density at radius 1 is 1.60 bits per heavy atom. The van der Waals surface area contributed by atoms with Crippen LogP contribution < -0.4 is 10.5 Å². The summed E-state index contributed by atoms with van der Waals surface area (Å²) in [5.41, 5.74) is 6.20. The van der Waals surface area contributed by atoms with E-state index in [2.05, 4.69) is 0 Å². The van der Waals surface area contributed by atoms with Gasteiger partial charge in [0.15, 0.2) is 0 Å². The van der Waals surface area contributed by atoms with E-state index >= 15 is 0 Å². The SMILES string of the molecule is CCOc1ccc(F)c(C2CC2N)c1Cl. The van der Waals surface area contributed by atoms with Crippen LogP contribution in [0.3, 0.4) is 0 Å². The van der Waals surface area contributed by atoms with E-state index in [0.29, 0.717) is 22.9 Å². The average Bonchev–Trinajstić information content (AvgIpc) is 2.88. The number of benzene rings is 1. The molecule has 0 radical (unpaired) electrons. The van der Waals surface area contributed by atoms with E-state index in [4.69, 9.17) is 22.1 Å². The minimum Gasteiger partial charge on any atom is -0.492 e. The Bertz CT molecular complexity index is 383. The third kappa shape index (κ3) is 1.94. The maximum Gasteiger partial charge on any atom is 0.138 e. The summed E-state index contributed by atoms with van der Waals surface area (Å²) >= 11 is 6.07. The summed E-state index contributed by atoms with van der Waals surface area (Å²) in [6, 6.07) is 2.98. The minimum absolute atomic E-state index is 0.0360. The molecular weight excluding hydrogens is 217 g/mol. The predicted molar refractivity (Wildman–Crippen MR) is 57.9 cm³/mol. The average molecular weight is 230 g/mol. The number of hydrogen-bond donors (Lipinski definition) is 1. The highest BCUT2D eigenvalue weighted by molar-refractivity contribution is 6.33. The van der Waals surface area contributed by atoms with Crippen LogP contribution in [-0.4, -0.2) is 12.6 Å². The van der Waals surface area contributed by atoms with Gasteiger partial charge in [0.25, 0.3) is 0 Å². The second-order valence-corrected chi connectivity index (χ2v) is 4.09. The van der Waals surface area contributed by atoms with Crippen molar-refractivity contribution in [3.05, 3.63) is 28.5 Å². The first-order valence-corrected chi connectivity index (χ1v) is 5.39. The van der Waals surface area contributed by atoms with Crippen LogP contribution in [0.2, 0.25) is 5.02 Å². The standard InChI is InChI=1S/C11H13ClFNO/c1-2-15-9-4-3-7(13)10(11(9)12)6-5-8(6)14/h3-4,6,8H,2,5,14H2,1H3. The van der Waals surface area contributed by atoms with Gasteiger partial charge in [-0.2, -0.15) is 0 Å². The second kappa shape index (κ2) is 3.99. The fraction of sp³-hybridized carbons (Fsp3) is 0.455. The Kier molecular flexibility index (Phi) is 2.85. The van der Waals surface area contributed by atoms with E-state index in [0.717, 1.165) is 6.42 Å². The van der Waals surface area contributed by atoms with Gasteiger partial charge in [0.2, 0.25) is 0 Å². The molecule has 1 aromatic carbocycles. The summed E-state index contributed by atoms with van der Waals surface area (Å²) in [6.07, 6.45) is 0.798. The van der Waals surface area contributed by atoms with Crippen LogP contribution in [0, 0.1) is 5.82 Å². The third-order valence-electron chi connectivity index (χ3n) is 2.60. The maximum atomic E-state index is 13.5. The Balaban J connectivity index is 2.38. The number of hydrogen-bond acceptors (Lipinski definition) is 2. The molecule has 2 N–H and O–H groups in total. The predicted octanol–water partition coefficient (Wildman–Crippen LogP) is 2.69. The molecular formula is C11H13ClFNO. The van der Waals surface area contributed by atoms with E-state index in [1.807, 2.05) is 6.92 Å². The first-order chi connectivity index (χ1) is 7.15. The van der Waals surface area contributed by atoms with Crippen molar-refractivity contribution in [2.45, 2.75) is 25.3 Å². The van der Waals surface area contributed by atoms with Gasteiger partial charge in [0.1, 0.15) is 11.6 Å². The summed E-state index contributed by atoms with van der Waals surface area (Å²) in [4.78, 5) is 0. The molecule has 2 rings (SSSR count). The number of nitrogens with two attached hydrogens (primary N) is 1. The fourth-order valence-corrected chi connectivity index (χ4v) is 2.05. The Labute approximate surface area is 93.2 Å². The van der Waals surface area contributed by atoms with Crippen molar-refractivity contribution in [1.29, 1.82) is 0 Å². The van der Waals surface area contributed by atoms with Gasteiger partial charge in [-0.25, -0.2) is 4.39 Å². The lowest BCUT2D eigenvalue weighted by Gasteiger charge is -2.10. The lowest BCUT2D eigenvalue weighted by molar-refractivity contribution is 0.339. The molecule has 1 aliphatic rings. The smallest absolute Gasteiger partial charge is 0.138 e. The van der Waals surface area contributed by atoms with Crippen molar-refractivity contribution in [3.8, 4) is 5.75 Å². The van der Waals surface area contributed by atoms with Gasteiger partial charge in [-0.05, 0) is 25.5 Å². The van der Waals surface area contributed by atoms with Gasteiger partial charge in [-0.15, -0.1) is 0 Å². The lowest BCUT2D eigenvalue weighted by atomic mass is 10.1. The molecule has 2 atom stereocenters. The molecule has 4 heteroatoms. The van der Waals surface area contributed by atoms with E-state index in [1.165, 1.54) is 6.07 Å². The molecule has 1 aromatic rings. The number of rotatable bonds is 3. The van der Waals surface area contributed by atoms with Crippen molar-refractivity contribution in [3.63, 3.8) is 0 Å². The molecule has 0 amide bonds. The Hall–Kier alpha value is -0.800. The van der Waals surface area contributed by atoms with Crippen LogP contribution in [0.25, 0.3) is 0 Å². The largest absolute Gasteiger partial charge is 0.492 e. The van der Waals surface area contributed by atoms with E-state index in [1.54, 1.807) is 6.07 Å². The van der Waals surface area contributed by atoms with Gasteiger partial charge < -0.3 is 10.5 Å². The normalized spacial score (nSPS) is 24.0. The summed E-state index contributed by atoms with van der Waals surface area (Å²) in [5, 5.41) is 0.370. The maximum absolute atomic E-state index is 13.5. The quantitative estimate of drug-likeness (QED) is 0.865. The molecule has 1 aliphatic carbocycles. The van der Waals surface area contributed by atoms with Gasteiger partial charge >= 0.3 is 0 Å². The van der Waals surface area contributed by atoms with Gasteiger partial charge in [0, 0.05) is 17.5 Å². The van der Waals surface area contributed by atoms with Gasteiger partial charge in [-0.3, -0.25) is 0 Å². The van der Waals surface area contributed by atoms with Crippen LogP contribution in [0.1, 0.15) is 24.8 Å². The molecule has 1 saturated carbocycles. The van der Waals surface area contributed by atoms with Crippen molar-refractivity contribution >= 4 is 11.6 Å². The molecule has 0 aliphatic heterocycles. The molecule has 0 spiro atoms. The van der Waals surface area contributed by atoms with Crippen LogP contribution >= 0.6 is 11.6 Å². The zero-order valence-electron chi connectivity index (χ0n) is 8.47. The monoisotopic (exact) mass is 229 g/mol. The van der Waals surface area contributed by atoms with Crippen LogP contribution in [0.4, 0.5) is 4.39 Å². The van der Waals surface area contributed by atoms with Crippen LogP contribution in [-0.2, 0) is 0 Å². The highest BCUT2D eigenvalue weighted by Gasteiger charge is 2.39. The van der Waals surface area contributed by atoms with Gasteiger partial charge in [-0.1, -0.05) is 11.6 Å². The van der Waals surface area contributed by atoms with Crippen LogP contribution in [0.15, 0.2) is 12.1 Å². The first-order valence-electron chi connectivity index (χ1n) is 5.01. The molecule has 2 unspecified atom stereocenters. The highest BCUT2D eigenvalue weighted by atomic mass is 35.5. The molecule has 0 aromatic heterocycles. The zero-order chi connectivity index (χ0) is 11.0. The second-order valence-electron chi connectivity index (χ2n) is 3.71. The molecule has 15 heavy (non-hydrogen) atoms. The summed E-state index contributed by atoms with van der Waals surface area (Å²) < 4.78 is 18.8. The zero-order valence-corrected chi connectivity index (χ0v) is 9.22. The lowest BCUT2D eigenvalue weighted by Crippen LogP contribution is -2.04. The highest BCUT2D eigenvalue weighted by Crippen LogP contribution is 2.46. The fourth-order valence-electron chi connectivity index (χ4n) is 1.70. The molecule has 1 fully saturated rings. The van der Waals surface area contributed by atoms with E-state index < -0.39 is 0 Å². The molecule has 0 heterocycles. The summed E-state index contributed by atoms with van der Waals surface area (Å²) in [7, 11) is 0. The van der Waals surface area contributed by atoms with E-state index in [-0.39, 0.29) is 17.8 Å². The first kappa shape index (κ1) is 10.7. The molecule has 0 bridgehead atoms. The van der Waals surface area contributed by atoms with E-state index in [9.17, 15) is 4.39 Å². The number of halogens is 2. The van der Waals surface area contributed by atoms with Crippen molar-refractivity contribution in [1.82, 2.24) is 0 Å². The molecule has 0 saturated heterocycles. The minimum atomic E-state index is -0.290. The topological polar surface area (TPSA) is 35.2 Å². The Morgan fingerprint density at radius 3 is 2.80 bits per heavy atom. The third-order valence-corrected chi connectivity index (χ3v) is 2.99. The summed E-state index contributed by atoms with van der Waals surface area (Å²) in [5.74, 6) is 0.300. The van der Waals surface area contributed by atoms with Crippen LogP contribution in [0.5, 0.6) is 5.75 Å².